The molecule has 1 aromatic rings. The van der Waals surface area contributed by atoms with E-state index in [1.54, 1.807) is 11.9 Å². The molecule has 5 nitrogen and oxygen atoms in total. The number of unbranched alkanes of at least 4 members (excludes halogenated alkanes) is 1. The van der Waals surface area contributed by atoms with Gasteiger partial charge >= 0.3 is 0 Å². The Bertz CT molecular complexity index is 602. The molecule has 7 heteroatoms. The molecule has 0 aliphatic carbocycles. The summed E-state index contributed by atoms with van der Waals surface area (Å²) in [5.74, 6) is -0.460. The van der Waals surface area contributed by atoms with Crippen molar-refractivity contribution in [3.63, 3.8) is 0 Å². The van der Waals surface area contributed by atoms with E-state index in [1.165, 1.54) is 23.5 Å². The summed E-state index contributed by atoms with van der Waals surface area (Å²) in [6, 6.07) is 4.72. The first-order chi connectivity index (χ1) is 10.8. The number of hydrogen-bond donors (Lipinski definition) is 0. The molecule has 0 saturated carbocycles. The van der Waals surface area contributed by atoms with E-state index in [9.17, 15) is 17.6 Å². The first kappa shape index (κ1) is 19.6. The Morgan fingerprint density at radius 2 is 1.70 bits per heavy atom. The molecule has 130 valence electrons. The van der Waals surface area contributed by atoms with Gasteiger partial charge in [-0.05, 0) is 37.1 Å². The molecule has 0 aliphatic rings. The van der Waals surface area contributed by atoms with Crippen LogP contribution in [0.15, 0.2) is 29.2 Å². The number of carbonyl (C=O) groups excluding carboxylic acids is 1. The van der Waals surface area contributed by atoms with E-state index in [4.69, 9.17) is 0 Å². The van der Waals surface area contributed by atoms with Gasteiger partial charge in [0.25, 0.3) is 0 Å². The summed E-state index contributed by atoms with van der Waals surface area (Å²) in [6.07, 6.45) is 2.74. The molecular weight excluding hydrogens is 319 g/mol. The molecule has 0 aromatic heterocycles. The van der Waals surface area contributed by atoms with Crippen molar-refractivity contribution in [2.24, 2.45) is 0 Å². The van der Waals surface area contributed by atoms with E-state index in [1.807, 2.05) is 0 Å². The van der Waals surface area contributed by atoms with Crippen molar-refractivity contribution < 1.29 is 17.6 Å². The summed E-state index contributed by atoms with van der Waals surface area (Å²) in [7, 11) is -0.423. The average molecular weight is 344 g/mol. The van der Waals surface area contributed by atoms with Crippen LogP contribution in [-0.4, -0.2) is 50.7 Å². The van der Waals surface area contributed by atoms with Gasteiger partial charge in [0.15, 0.2) is 0 Å². The molecule has 0 fully saturated rings. The van der Waals surface area contributed by atoms with Crippen molar-refractivity contribution in [3.05, 3.63) is 30.1 Å². The Kier molecular flexibility index (Phi) is 7.64. The molecule has 0 N–H and O–H groups in total. The fourth-order valence-corrected chi connectivity index (χ4v) is 3.28. The minimum absolute atomic E-state index is 0.0195. The zero-order valence-corrected chi connectivity index (χ0v) is 14.8. The number of rotatable bonds is 9. The molecule has 1 aromatic carbocycles. The van der Waals surface area contributed by atoms with E-state index in [2.05, 4.69) is 6.92 Å². The molecule has 0 bridgehead atoms. The van der Waals surface area contributed by atoms with Gasteiger partial charge < -0.3 is 4.90 Å². The number of hydrogen-bond acceptors (Lipinski definition) is 3. The van der Waals surface area contributed by atoms with Crippen LogP contribution in [0.1, 0.15) is 32.6 Å². The summed E-state index contributed by atoms with van der Waals surface area (Å²) >= 11 is 0. The van der Waals surface area contributed by atoms with E-state index < -0.39 is 15.8 Å². The molecule has 0 heterocycles. The SMILES string of the molecule is CCCCN(C)C(=O)CCCN(C)S(=O)(=O)c1ccc(F)cc1. The summed E-state index contributed by atoms with van der Waals surface area (Å²) in [5.41, 5.74) is 0. The molecule has 0 saturated heterocycles. The van der Waals surface area contributed by atoms with Crippen LogP contribution in [0, 0.1) is 5.82 Å². The highest BCUT2D eigenvalue weighted by Crippen LogP contribution is 2.15. The van der Waals surface area contributed by atoms with E-state index in [0.29, 0.717) is 12.8 Å². The molecule has 1 rings (SSSR count). The van der Waals surface area contributed by atoms with Crippen molar-refractivity contribution in [2.75, 3.05) is 27.2 Å². The van der Waals surface area contributed by atoms with Gasteiger partial charge in [0.2, 0.25) is 15.9 Å². The van der Waals surface area contributed by atoms with E-state index in [-0.39, 0.29) is 17.3 Å². The lowest BCUT2D eigenvalue weighted by Crippen LogP contribution is -2.31. The number of nitrogens with zero attached hydrogens (tertiary/aromatic N) is 2. The van der Waals surface area contributed by atoms with Gasteiger partial charge in [-0.3, -0.25) is 4.79 Å². The molecule has 0 aliphatic heterocycles. The minimum Gasteiger partial charge on any atom is -0.346 e. The van der Waals surface area contributed by atoms with Crippen LogP contribution in [0.4, 0.5) is 4.39 Å². The Labute approximate surface area is 138 Å². The van der Waals surface area contributed by atoms with Crippen molar-refractivity contribution in [2.45, 2.75) is 37.5 Å². The third kappa shape index (κ3) is 5.91. The highest BCUT2D eigenvalue weighted by molar-refractivity contribution is 7.89. The second-order valence-corrected chi connectivity index (χ2v) is 7.60. The topological polar surface area (TPSA) is 57.7 Å². The maximum atomic E-state index is 12.9. The van der Waals surface area contributed by atoms with Gasteiger partial charge in [0, 0.05) is 33.6 Å². The van der Waals surface area contributed by atoms with Crippen LogP contribution >= 0.6 is 0 Å². The fourth-order valence-electron chi connectivity index (χ4n) is 2.07. The molecular formula is C16H25FN2O3S. The second-order valence-electron chi connectivity index (χ2n) is 5.55. The number of carbonyl (C=O) groups is 1. The Balaban J connectivity index is 2.51. The normalized spacial score (nSPS) is 11.7. The van der Waals surface area contributed by atoms with Gasteiger partial charge in [0.1, 0.15) is 5.82 Å². The zero-order valence-electron chi connectivity index (χ0n) is 14.0. The van der Waals surface area contributed by atoms with Crippen LogP contribution in [0.5, 0.6) is 0 Å². The zero-order chi connectivity index (χ0) is 17.5. The van der Waals surface area contributed by atoms with Crippen LogP contribution in [0.25, 0.3) is 0 Å². The molecule has 0 radical (unpaired) electrons. The van der Waals surface area contributed by atoms with Gasteiger partial charge in [-0.2, -0.15) is 0 Å². The summed E-state index contributed by atoms with van der Waals surface area (Å²) < 4.78 is 38.7. The Hall–Kier alpha value is -1.47. The van der Waals surface area contributed by atoms with E-state index in [0.717, 1.165) is 31.5 Å². The second kappa shape index (κ2) is 8.98. The smallest absolute Gasteiger partial charge is 0.242 e. The highest BCUT2D eigenvalue weighted by Gasteiger charge is 2.20. The average Bonchev–Trinajstić information content (AvgIpc) is 2.52. The number of amides is 1. The molecule has 1 amide bonds. The minimum atomic E-state index is -3.65. The maximum absolute atomic E-state index is 12.9. The van der Waals surface area contributed by atoms with Crippen LogP contribution in [0.2, 0.25) is 0 Å². The first-order valence-corrected chi connectivity index (χ1v) is 9.19. The summed E-state index contributed by atoms with van der Waals surface area (Å²) in [5, 5.41) is 0. The van der Waals surface area contributed by atoms with Gasteiger partial charge in [-0.25, -0.2) is 17.1 Å². The standard InChI is InChI=1S/C16H25FN2O3S/c1-4-5-12-18(2)16(20)7-6-13-19(3)23(21,22)15-10-8-14(17)9-11-15/h8-11H,4-7,12-13H2,1-3H3. The number of sulfonamides is 1. The quantitative estimate of drug-likeness (QED) is 0.691. The maximum Gasteiger partial charge on any atom is 0.242 e. The van der Waals surface area contributed by atoms with Gasteiger partial charge in [0.05, 0.1) is 4.90 Å². The highest BCUT2D eigenvalue weighted by atomic mass is 32.2. The Morgan fingerprint density at radius 1 is 1.09 bits per heavy atom. The fraction of sp³-hybridized carbons (Fsp3) is 0.562. The van der Waals surface area contributed by atoms with Gasteiger partial charge in [-0.15, -0.1) is 0 Å². The Morgan fingerprint density at radius 3 is 2.26 bits per heavy atom. The predicted molar refractivity (Wildman–Crippen MR) is 88.0 cm³/mol. The van der Waals surface area contributed by atoms with Crippen LogP contribution in [0.3, 0.4) is 0 Å². The lowest BCUT2D eigenvalue weighted by Gasteiger charge is -2.19. The van der Waals surface area contributed by atoms with Crippen molar-refractivity contribution >= 4 is 15.9 Å². The first-order valence-electron chi connectivity index (χ1n) is 7.75. The molecule has 23 heavy (non-hydrogen) atoms. The monoisotopic (exact) mass is 344 g/mol. The van der Waals surface area contributed by atoms with E-state index >= 15 is 0 Å². The number of benzene rings is 1. The molecule has 0 spiro atoms. The van der Waals surface area contributed by atoms with Crippen molar-refractivity contribution in [1.82, 2.24) is 9.21 Å². The van der Waals surface area contributed by atoms with Gasteiger partial charge in [-0.1, -0.05) is 13.3 Å². The summed E-state index contributed by atoms with van der Waals surface area (Å²) in [4.78, 5) is 13.6. The van der Waals surface area contributed by atoms with Crippen molar-refractivity contribution in [3.8, 4) is 0 Å². The largest absolute Gasteiger partial charge is 0.346 e. The summed E-state index contributed by atoms with van der Waals surface area (Å²) in [6.45, 7) is 3.03. The lowest BCUT2D eigenvalue weighted by molar-refractivity contribution is -0.130. The van der Waals surface area contributed by atoms with Crippen LogP contribution < -0.4 is 0 Å². The third-order valence-electron chi connectivity index (χ3n) is 3.66. The van der Waals surface area contributed by atoms with Crippen molar-refractivity contribution in [1.29, 1.82) is 0 Å². The predicted octanol–water partition coefficient (Wildman–Crippen LogP) is 2.48. The van der Waals surface area contributed by atoms with Crippen LogP contribution in [-0.2, 0) is 14.8 Å². The number of halogens is 1. The third-order valence-corrected chi connectivity index (χ3v) is 5.53. The molecule has 0 atom stereocenters. The lowest BCUT2D eigenvalue weighted by atomic mass is 10.2. The molecule has 0 unspecified atom stereocenters.